The van der Waals surface area contributed by atoms with Gasteiger partial charge in [-0.1, -0.05) is 29.4 Å². The van der Waals surface area contributed by atoms with E-state index in [1.165, 1.54) is 7.11 Å². The molecule has 1 aliphatic carbocycles. The summed E-state index contributed by atoms with van der Waals surface area (Å²) in [7, 11) is 1.53. The minimum absolute atomic E-state index is 0.0461. The van der Waals surface area contributed by atoms with Crippen molar-refractivity contribution in [3.05, 3.63) is 48.1 Å². The zero-order chi connectivity index (χ0) is 25.9. The summed E-state index contributed by atoms with van der Waals surface area (Å²) in [6.45, 7) is 0.665. The van der Waals surface area contributed by atoms with Crippen molar-refractivity contribution in [3.8, 4) is 5.75 Å². The molecule has 12 nitrogen and oxygen atoms in total. The highest BCUT2D eigenvalue weighted by molar-refractivity contribution is 6.44. The third-order valence-electron chi connectivity index (χ3n) is 6.44. The van der Waals surface area contributed by atoms with E-state index < -0.39 is 17.8 Å². The second kappa shape index (κ2) is 10.5. The summed E-state index contributed by atoms with van der Waals surface area (Å²) in [4.78, 5) is 58.1. The van der Waals surface area contributed by atoms with Crippen LogP contribution in [-0.2, 0) is 32.1 Å². The van der Waals surface area contributed by atoms with Gasteiger partial charge in [-0.05, 0) is 37.3 Å². The molecular formula is C25H27N5O7. The molecule has 1 aromatic heterocycles. The first-order chi connectivity index (χ1) is 17.9. The SMILES string of the molecule is COc1ccccc1N(CC1CC=CCO1)C(=O)Cc1noc(CN2C(=O)C(=O)N(CC3CC3)C2=O)n1. The molecule has 1 unspecified atom stereocenters. The zero-order valence-corrected chi connectivity index (χ0v) is 20.4. The molecule has 5 amide bonds. The van der Waals surface area contributed by atoms with Gasteiger partial charge in [0.1, 0.15) is 12.3 Å². The Balaban J connectivity index is 1.28. The first-order valence-corrected chi connectivity index (χ1v) is 12.1. The van der Waals surface area contributed by atoms with Crippen LogP contribution in [0.5, 0.6) is 5.75 Å². The van der Waals surface area contributed by atoms with Gasteiger partial charge < -0.3 is 18.9 Å². The lowest BCUT2D eigenvalue weighted by molar-refractivity contribution is -0.143. The highest BCUT2D eigenvalue weighted by atomic mass is 16.5. The molecule has 1 saturated carbocycles. The second-order valence-electron chi connectivity index (χ2n) is 9.15. The molecular weight excluding hydrogens is 482 g/mol. The standard InChI is InChI=1S/C25H27N5O7/c1-35-19-8-3-2-7-18(19)28(14-17-6-4-5-11-36-17)22(31)12-20-26-21(37-27-20)15-30-24(33)23(32)29(25(30)34)13-16-9-10-16/h2-5,7-8,16-17H,6,9-15H2,1H3. The van der Waals surface area contributed by atoms with Gasteiger partial charge in [-0.25, -0.2) is 9.69 Å². The van der Waals surface area contributed by atoms with Gasteiger partial charge in [-0.2, -0.15) is 4.98 Å². The largest absolute Gasteiger partial charge is 0.495 e. The molecule has 2 aliphatic heterocycles. The van der Waals surface area contributed by atoms with Crippen molar-refractivity contribution in [1.82, 2.24) is 19.9 Å². The van der Waals surface area contributed by atoms with E-state index >= 15 is 0 Å². The Morgan fingerprint density at radius 1 is 1.14 bits per heavy atom. The molecule has 0 bridgehead atoms. The van der Waals surface area contributed by atoms with Gasteiger partial charge in [0, 0.05) is 6.54 Å². The number of benzene rings is 1. The minimum Gasteiger partial charge on any atom is -0.495 e. The summed E-state index contributed by atoms with van der Waals surface area (Å²) in [5, 5.41) is 3.86. The van der Waals surface area contributed by atoms with Crippen LogP contribution in [0.1, 0.15) is 31.0 Å². The quantitative estimate of drug-likeness (QED) is 0.266. The van der Waals surface area contributed by atoms with Crippen molar-refractivity contribution >= 4 is 29.4 Å². The van der Waals surface area contributed by atoms with Crippen molar-refractivity contribution in [3.63, 3.8) is 0 Å². The lowest BCUT2D eigenvalue weighted by Crippen LogP contribution is -2.40. The second-order valence-corrected chi connectivity index (χ2v) is 9.15. The van der Waals surface area contributed by atoms with Gasteiger partial charge in [-0.15, -0.1) is 0 Å². The maximum atomic E-state index is 13.4. The Kier molecular flexibility index (Phi) is 6.99. The molecule has 0 N–H and O–H groups in total. The Bertz CT molecular complexity index is 1240. The molecule has 0 radical (unpaired) electrons. The minimum atomic E-state index is -0.926. The van der Waals surface area contributed by atoms with Crippen molar-refractivity contribution in [2.24, 2.45) is 5.92 Å². The number of nitrogens with zero attached hydrogens (tertiary/aromatic N) is 5. The highest BCUT2D eigenvalue weighted by Crippen LogP contribution is 2.32. The maximum absolute atomic E-state index is 13.4. The first-order valence-electron chi connectivity index (χ1n) is 12.1. The third-order valence-corrected chi connectivity index (χ3v) is 6.44. The molecule has 5 rings (SSSR count). The number of amides is 5. The molecule has 1 aromatic carbocycles. The Labute approximate surface area is 212 Å². The fourth-order valence-electron chi connectivity index (χ4n) is 4.30. The molecule has 1 atom stereocenters. The van der Waals surface area contributed by atoms with Crippen LogP contribution in [0.2, 0.25) is 0 Å². The number of para-hydroxylation sites is 2. The Morgan fingerprint density at radius 3 is 2.65 bits per heavy atom. The van der Waals surface area contributed by atoms with Crippen LogP contribution in [0.15, 0.2) is 40.9 Å². The molecule has 12 heteroatoms. The third kappa shape index (κ3) is 5.38. The van der Waals surface area contributed by atoms with E-state index in [9.17, 15) is 19.2 Å². The summed E-state index contributed by atoms with van der Waals surface area (Å²) < 4.78 is 16.4. The molecule has 3 aliphatic rings. The number of carbonyl (C=O) groups is 4. The van der Waals surface area contributed by atoms with Gasteiger partial charge in [0.15, 0.2) is 5.82 Å². The van der Waals surface area contributed by atoms with Gasteiger partial charge >= 0.3 is 17.8 Å². The number of ether oxygens (including phenoxy) is 2. The van der Waals surface area contributed by atoms with E-state index in [0.717, 1.165) is 22.6 Å². The fourth-order valence-corrected chi connectivity index (χ4v) is 4.30. The van der Waals surface area contributed by atoms with Crippen molar-refractivity contribution < 1.29 is 33.2 Å². The van der Waals surface area contributed by atoms with Gasteiger partial charge in [0.25, 0.3) is 0 Å². The number of aromatic nitrogens is 2. The van der Waals surface area contributed by atoms with Crippen LogP contribution in [0, 0.1) is 5.92 Å². The highest BCUT2D eigenvalue weighted by Gasteiger charge is 2.46. The average molecular weight is 510 g/mol. The number of anilines is 1. The number of hydrogen-bond donors (Lipinski definition) is 0. The van der Waals surface area contributed by atoms with Crippen LogP contribution in [-0.4, -0.2) is 76.6 Å². The van der Waals surface area contributed by atoms with Gasteiger partial charge in [0.2, 0.25) is 11.8 Å². The monoisotopic (exact) mass is 509 g/mol. The van der Waals surface area contributed by atoms with Crippen molar-refractivity contribution in [1.29, 1.82) is 0 Å². The van der Waals surface area contributed by atoms with Crippen LogP contribution in [0.25, 0.3) is 0 Å². The molecule has 194 valence electrons. The van der Waals surface area contributed by atoms with Crippen LogP contribution >= 0.6 is 0 Å². The summed E-state index contributed by atoms with van der Waals surface area (Å²) in [6, 6.07) is 6.48. The predicted octanol–water partition coefficient (Wildman–Crippen LogP) is 1.70. The number of rotatable bonds is 10. The van der Waals surface area contributed by atoms with E-state index in [0.29, 0.717) is 31.0 Å². The van der Waals surface area contributed by atoms with E-state index in [1.54, 1.807) is 17.0 Å². The first kappa shape index (κ1) is 24.6. The number of hydrogen-bond acceptors (Lipinski definition) is 9. The molecule has 0 spiro atoms. The maximum Gasteiger partial charge on any atom is 0.334 e. The lowest BCUT2D eigenvalue weighted by Gasteiger charge is -2.29. The molecule has 37 heavy (non-hydrogen) atoms. The average Bonchev–Trinajstić information content (AvgIpc) is 3.60. The number of imide groups is 2. The summed E-state index contributed by atoms with van der Waals surface area (Å²) in [5.74, 6) is -1.26. The van der Waals surface area contributed by atoms with Gasteiger partial charge in [-0.3, -0.25) is 19.3 Å². The van der Waals surface area contributed by atoms with E-state index in [4.69, 9.17) is 14.0 Å². The Morgan fingerprint density at radius 2 is 1.92 bits per heavy atom. The number of carbonyl (C=O) groups excluding carboxylic acids is 4. The van der Waals surface area contributed by atoms with Crippen LogP contribution < -0.4 is 9.64 Å². The zero-order valence-electron chi connectivity index (χ0n) is 20.4. The summed E-state index contributed by atoms with van der Waals surface area (Å²) in [5.41, 5.74) is 0.583. The predicted molar refractivity (Wildman–Crippen MR) is 127 cm³/mol. The van der Waals surface area contributed by atoms with Crippen molar-refractivity contribution in [2.45, 2.75) is 38.3 Å². The van der Waals surface area contributed by atoms with E-state index in [2.05, 4.69) is 10.1 Å². The van der Waals surface area contributed by atoms with E-state index in [1.807, 2.05) is 24.3 Å². The number of urea groups is 1. The van der Waals surface area contributed by atoms with Gasteiger partial charge in [0.05, 0.1) is 38.5 Å². The molecule has 3 heterocycles. The molecule has 2 fully saturated rings. The summed E-state index contributed by atoms with van der Waals surface area (Å²) >= 11 is 0. The normalized spacial score (nSPS) is 19.6. The Hall–Kier alpha value is -4.06. The van der Waals surface area contributed by atoms with E-state index in [-0.39, 0.29) is 49.2 Å². The smallest absolute Gasteiger partial charge is 0.334 e. The van der Waals surface area contributed by atoms with Crippen LogP contribution in [0.3, 0.4) is 0 Å². The molecule has 2 aromatic rings. The van der Waals surface area contributed by atoms with Crippen LogP contribution in [0.4, 0.5) is 10.5 Å². The topological polar surface area (TPSA) is 135 Å². The lowest BCUT2D eigenvalue weighted by atomic mass is 10.1. The number of methoxy groups -OCH3 is 1. The van der Waals surface area contributed by atoms with Crippen molar-refractivity contribution in [2.75, 3.05) is 31.7 Å². The summed E-state index contributed by atoms with van der Waals surface area (Å²) in [6.07, 6.45) is 6.09. The fraction of sp³-hybridized carbons (Fsp3) is 0.440. The molecule has 1 saturated heterocycles.